The number of methoxy groups -OCH3 is 1. The lowest BCUT2D eigenvalue weighted by Crippen LogP contribution is -2.18. The summed E-state index contributed by atoms with van der Waals surface area (Å²) in [5.41, 5.74) is 0.912. The van der Waals surface area contributed by atoms with E-state index in [4.69, 9.17) is 9.84 Å². The Hall–Kier alpha value is -1.16. The predicted octanol–water partition coefficient (Wildman–Crippen LogP) is 3.17. The number of hydrogen-bond acceptors (Lipinski definition) is 3. The van der Waals surface area contributed by atoms with Crippen LogP contribution in [0.25, 0.3) is 0 Å². The van der Waals surface area contributed by atoms with Crippen molar-refractivity contribution in [1.29, 1.82) is 0 Å². The van der Waals surface area contributed by atoms with Gasteiger partial charge in [-0.2, -0.15) is 12.6 Å². The monoisotopic (exact) mass is 254 g/mol. The van der Waals surface area contributed by atoms with E-state index in [1.54, 1.807) is 7.11 Å². The van der Waals surface area contributed by atoms with Crippen molar-refractivity contribution in [3.8, 4) is 5.75 Å². The van der Waals surface area contributed by atoms with Gasteiger partial charge in [-0.3, -0.25) is 4.79 Å². The number of carboxylic acid groups (broad SMARTS) is 1. The highest BCUT2D eigenvalue weighted by Gasteiger charge is 2.25. The van der Waals surface area contributed by atoms with Gasteiger partial charge in [-0.15, -0.1) is 0 Å². The van der Waals surface area contributed by atoms with Crippen molar-refractivity contribution >= 4 is 18.6 Å². The molecule has 94 valence electrons. The Morgan fingerprint density at radius 1 is 1.41 bits per heavy atom. The van der Waals surface area contributed by atoms with Crippen LogP contribution in [0.15, 0.2) is 24.3 Å². The van der Waals surface area contributed by atoms with Crippen molar-refractivity contribution in [3.05, 3.63) is 29.8 Å². The third kappa shape index (κ3) is 3.66. The second-order valence-corrected chi connectivity index (χ2v) is 4.51. The molecular weight excluding hydrogens is 236 g/mol. The summed E-state index contributed by atoms with van der Waals surface area (Å²) in [7, 11) is 1.60. The molecule has 0 heterocycles. The van der Waals surface area contributed by atoms with E-state index >= 15 is 0 Å². The second kappa shape index (κ2) is 6.55. The fourth-order valence-electron chi connectivity index (χ4n) is 1.76. The highest BCUT2D eigenvalue weighted by Crippen LogP contribution is 2.32. The SMILES string of the molecule is CCCC(C(=O)O)C(S)c1ccc(OC)cc1. The molecule has 0 fully saturated rings. The fraction of sp³-hybridized carbons (Fsp3) is 0.462. The molecule has 0 spiro atoms. The molecule has 2 unspecified atom stereocenters. The van der Waals surface area contributed by atoms with Crippen LogP contribution in [0.3, 0.4) is 0 Å². The van der Waals surface area contributed by atoms with E-state index in [9.17, 15) is 4.79 Å². The van der Waals surface area contributed by atoms with Crippen LogP contribution in [0.2, 0.25) is 0 Å². The number of ether oxygens (including phenoxy) is 1. The molecule has 0 saturated carbocycles. The Morgan fingerprint density at radius 2 is 2.00 bits per heavy atom. The largest absolute Gasteiger partial charge is 0.497 e. The molecule has 0 aliphatic carbocycles. The smallest absolute Gasteiger partial charge is 0.307 e. The first-order valence-corrected chi connectivity index (χ1v) is 6.16. The Balaban J connectivity index is 2.84. The molecule has 0 bridgehead atoms. The van der Waals surface area contributed by atoms with E-state index in [1.807, 2.05) is 31.2 Å². The average molecular weight is 254 g/mol. The standard InChI is InChI=1S/C13H18O3S/c1-3-4-11(13(14)15)12(17)9-5-7-10(16-2)8-6-9/h5-8,11-12,17H,3-4H2,1-2H3,(H,14,15). The lowest BCUT2D eigenvalue weighted by Gasteiger charge is -2.19. The average Bonchev–Trinajstić information content (AvgIpc) is 2.35. The van der Waals surface area contributed by atoms with Gasteiger partial charge in [-0.1, -0.05) is 25.5 Å². The summed E-state index contributed by atoms with van der Waals surface area (Å²) in [6, 6.07) is 7.37. The number of hydrogen-bond donors (Lipinski definition) is 2. The number of rotatable bonds is 6. The van der Waals surface area contributed by atoms with Crippen LogP contribution < -0.4 is 4.74 Å². The first kappa shape index (κ1) is 13.9. The van der Waals surface area contributed by atoms with E-state index in [1.165, 1.54) is 0 Å². The summed E-state index contributed by atoms with van der Waals surface area (Å²) in [5.74, 6) is -0.476. The molecular formula is C13H18O3S. The lowest BCUT2D eigenvalue weighted by atomic mass is 9.94. The van der Waals surface area contributed by atoms with Crippen molar-refractivity contribution in [1.82, 2.24) is 0 Å². The zero-order chi connectivity index (χ0) is 12.8. The molecule has 2 atom stereocenters. The first-order chi connectivity index (χ1) is 8.10. The van der Waals surface area contributed by atoms with Gasteiger partial charge in [0.15, 0.2) is 0 Å². The number of thiol groups is 1. The molecule has 4 heteroatoms. The Labute approximate surface area is 107 Å². The van der Waals surface area contributed by atoms with Gasteiger partial charge in [-0.05, 0) is 24.1 Å². The second-order valence-electron chi connectivity index (χ2n) is 3.95. The van der Waals surface area contributed by atoms with Crippen molar-refractivity contribution in [2.45, 2.75) is 25.0 Å². The number of aliphatic carboxylic acids is 1. The molecule has 0 radical (unpaired) electrons. The van der Waals surface area contributed by atoms with Crippen LogP contribution in [-0.2, 0) is 4.79 Å². The van der Waals surface area contributed by atoms with Crippen LogP contribution in [0.1, 0.15) is 30.6 Å². The van der Waals surface area contributed by atoms with Crippen molar-refractivity contribution < 1.29 is 14.6 Å². The zero-order valence-corrected chi connectivity index (χ0v) is 11.0. The van der Waals surface area contributed by atoms with Gasteiger partial charge < -0.3 is 9.84 Å². The molecule has 0 aliphatic heterocycles. The predicted molar refractivity (Wildman–Crippen MR) is 70.8 cm³/mol. The Bertz CT molecular complexity index is 361. The van der Waals surface area contributed by atoms with Gasteiger partial charge in [0.25, 0.3) is 0 Å². The Morgan fingerprint density at radius 3 is 2.41 bits per heavy atom. The summed E-state index contributed by atoms with van der Waals surface area (Å²) >= 11 is 4.43. The summed E-state index contributed by atoms with van der Waals surface area (Å²) < 4.78 is 5.06. The van der Waals surface area contributed by atoms with Crippen LogP contribution in [0, 0.1) is 5.92 Å². The van der Waals surface area contributed by atoms with Gasteiger partial charge >= 0.3 is 5.97 Å². The maximum atomic E-state index is 11.2. The number of carboxylic acids is 1. The highest BCUT2D eigenvalue weighted by atomic mass is 32.1. The normalized spacial score (nSPS) is 14.1. The van der Waals surface area contributed by atoms with Crippen LogP contribution in [0.5, 0.6) is 5.75 Å². The third-order valence-corrected chi connectivity index (χ3v) is 3.41. The van der Waals surface area contributed by atoms with Crippen molar-refractivity contribution in [2.75, 3.05) is 7.11 Å². The van der Waals surface area contributed by atoms with Crippen molar-refractivity contribution in [2.24, 2.45) is 5.92 Å². The molecule has 1 N–H and O–H groups in total. The van der Waals surface area contributed by atoms with E-state index < -0.39 is 11.9 Å². The fourth-order valence-corrected chi connectivity index (χ4v) is 2.21. The van der Waals surface area contributed by atoms with E-state index in [0.29, 0.717) is 6.42 Å². The number of benzene rings is 1. The van der Waals surface area contributed by atoms with Crippen LogP contribution in [-0.4, -0.2) is 18.2 Å². The molecule has 1 rings (SSSR count). The maximum absolute atomic E-state index is 11.2. The summed E-state index contributed by atoms with van der Waals surface area (Å²) in [4.78, 5) is 11.2. The van der Waals surface area contributed by atoms with E-state index in [0.717, 1.165) is 17.7 Å². The molecule has 3 nitrogen and oxygen atoms in total. The third-order valence-electron chi connectivity index (χ3n) is 2.76. The molecule has 0 aromatic heterocycles. The quantitative estimate of drug-likeness (QED) is 0.766. The summed E-state index contributed by atoms with van der Waals surface area (Å²) in [6.45, 7) is 1.98. The first-order valence-electron chi connectivity index (χ1n) is 5.65. The molecule has 17 heavy (non-hydrogen) atoms. The minimum Gasteiger partial charge on any atom is -0.497 e. The van der Waals surface area contributed by atoms with E-state index in [2.05, 4.69) is 12.6 Å². The minimum absolute atomic E-state index is 0.279. The van der Waals surface area contributed by atoms with Gasteiger partial charge in [0.1, 0.15) is 5.75 Å². The summed E-state index contributed by atoms with van der Waals surface area (Å²) in [6.07, 6.45) is 1.47. The maximum Gasteiger partial charge on any atom is 0.307 e. The van der Waals surface area contributed by atoms with E-state index in [-0.39, 0.29) is 5.25 Å². The van der Waals surface area contributed by atoms with Gasteiger partial charge in [0.2, 0.25) is 0 Å². The van der Waals surface area contributed by atoms with Crippen molar-refractivity contribution in [3.63, 3.8) is 0 Å². The topological polar surface area (TPSA) is 46.5 Å². The van der Waals surface area contributed by atoms with Gasteiger partial charge in [-0.25, -0.2) is 0 Å². The Kier molecular flexibility index (Phi) is 5.35. The molecule has 0 saturated heterocycles. The lowest BCUT2D eigenvalue weighted by molar-refractivity contribution is -0.142. The minimum atomic E-state index is -0.789. The highest BCUT2D eigenvalue weighted by molar-refractivity contribution is 7.80. The molecule has 1 aromatic carbocycles. The molecule has 1 aromatic rings. The van der Waals surface area contributed by atoms with Crippen LogP contribution >= 0.6 is 12.6 Å². The van der Waals surface area contributed by atoms with Crippen LogP contribution in [0.4, 0.5) is 0 Å². The van der Waals surface area contributed by atoms with Gasteiger partial charge in [0.05, 0.1) is 13.0 Å². The molecule has 0 amide bonds. The summed E-state index contributed by atoms with van der Waals surface area (Å²) in [5, 5.41) is 8.88. The van der Waals surface area contributed by atoms with Gasteiger partial charge in [0, 0.05) is 5.25 Å². The molecule has 0 aliphatic rings. The number of carbonyl (C=O) groups is 1. The zero-order valence-electron chi connectivity index (χ0n) is 10.1.